The molecule has 1 aromatic rings. The molecule has 25 heavy (non-hydrogen) atoms. The number of carbonyl (C=O) groups excluding carboxylic acids is 1. The molecule has 1 fully saturated rings. The molecule has 1 N–H and O–H groups in total. The largest absolute Gasteiger partial charge is 0.492 e. The number of benzene rings is 1. The normalized spacial score (nSPS) is 20.7. The summed E-state index contributed by atoms with van der Waals surface area (Å²) >= 11 is 0. The van der Waals surface area contributed by atoms with E-state index in [4.69, 9.17) is 9.47 Å². The minimum atomic E-state index is -0.805. The van der Waals surface area contributed by atoms with Crippen molar-refractivity contribution in [3.8, 4) is 5.75 Å². The van der Waals surface area contributed by atoms with Gasteiger partial charge in [-0.3, -0.25) is 9.69 Å². The third kappa shape index (κ3) is 5.44. The van der Waals surface area contributed by atoms with Crippen molar-refractivity contribution in [3.05, 3.63) is 24.3 Å². The fourth-order valence-electron chi connectivity index (χ4n) is 3.07. The van der Waals surface area contributed by atoms with Crippen LogP contribution in [0.3, 0.4) is 0 Å². The molecule has 2 atom stereocenters. The second-order valence-electron chi connectivity index (χ2n) is 7.00. The van der Waals surface area contributed by atoms with Crippen LogP contribution in [-0.2, 0) is 9.53 Å². The molecule has 0 radical (unpaired) electrons. The Bertz CT molecular complexity index is 540. The predicted molar refractivity (Wildman–Crippen MR) is 101 cm³/mol. The van der Waals surface area contributed by atoms with E-state index in [1.54, 1.807) is 14.0 Å². The van der Waals surface area contributed by atoms with Crippen LogP contribution < -0.4 is 10.1 Å². The molecular formula is C20H32N2O3. The molecule has 1 aromatic carbocycles. The number of nitrogens with zero attached hydrogens (tertiary/aromatic N) is 1. The predicted octanol–water partition coefficient (Wildman–Crippen LogP) is 3.69. The lowest BCUT2D eigenvalue weighted by Crippen LogP contribution is -2.41. The zero-order valence-electron chi connectivity index (χ0n) is 16.0. The number of methoxy groups -OCH3 is 1. The van der Waals surface area contributed by atoms with Crippen LogP contribution in [0, 0.1) is 0 Å². The molecule has 0 aromatic heterocycles. The fourth-order valence-corrected chi connectivity index (χ4v) is 3.07. The van der Waals surface area contributed by atoms with Gasteiger partial charge < -0.3 is 14.8 Å². The first-order valence-corrected chi connectivity index (χ1v) is 9.32. The van der Waals surface area contributed by atoms with Gasteiger partial charge >= 0.3 is 0 Å². The molecule has 0 spiro atoms. The third-order valence-electron chi connectivity index (χ3n) is 5.31. The Morgan fingerprint density at radius 2 is 2.04 bits per heavy atom. The van der Waals surface area contributed by atoms with Gasteiger partial charge in [0.05, 0.1) is 0 Å². The number of anilines is 1. The number of rotatable bonds is 8. The van der Waals surface area contributed by atoms with Gasteiger partial charge in [0.15, 0.2) is 0 Å². The van der Waals surface area contributed by atoms with E-state index in [0.717, 1.165) is 18.0 Å². The van der Waals surface area contributed by atoms with Crippen molar-refractivity contribution in [2.24, 2.45) is 0 Å². The second-order valence-corrected chi connectivity index (χ2v) is 7.00. The van der Waals surface area contributed by atoms with Crippen LogP contribution in [0.25, 0.3) is 0 Å². The minimum Gasteiger partial charge on any atom is -0.492 e. The summed E-state index contributed by atoms with van der Waals surface area (Å²) < 4.78 is 11.2. The van der Waals surface area contributed by atoms with Crippen LogP contribution in [-0.4, -0.2) is 49.3 Å². The van der Waals surface area contributed by atoms with E-state index < -0.39 is 5.60 Å². The fraction of sp³-hybridized carbons (Fsp3) is 0.650. The molecular weight excluding hydrogens is 316 g/mol. The standard InChI is InChI=1S/C20H32N2O3/c1-5-20(3,24-4)19(23)21-17-9-11-18(12-10-17)25-15-14-22-13-7-6-8-16(22)2/h9-12,16H,5-8,13-15H2,1-4H3,(H,21,23)/t16-,20+/m1/s1. The molecule has 0 unspecified atom stereocenters. The number of hydrogen-bond donors (Lipinski definition) is 1. The van der Waals surface area contributed by atoms with Crippen molar-refractivity contribution in [1.82, 2.24) is 4.90 Å². The number of likely N-dealkylation sites (tertiary alicyclic amines) is 1. The first-order chi connectivity index (χ1) is 12.0. The quantitative estimate of drug-likeness (QED) is 0.778. The zero-order valence-corrected chi connectivity index (χ0v) is 16.0. The summed E-state index contributed by atoms with van der Waals surface area (Å²) in [6.07, 6.45) is 4.53. The van der Waals surface area contributed by atoms with Crippen molar-refractivity contribution < 1.29 is 14.3 Å². The van der Waals surface area contributed by atoms with Gasteiger partial charge in [0, 0.05) is 25.4 Å². The van der Waals surface area contributed by atoms with Crippen molar-refractivity contribution in [2.75, 3.05) is 32.1 Å². The van der Waals surface area contributed by atoms with Crippen LogP contribution in [0.15, 0.2) is 24.3 Å². The number of piperidine rings is 1. The monoisotopic (exact) mass is 348 g/mol. The Morgan fingerprint density at radius 3 is 2.64 bits per heavy atom. The highest BCUT2D eigenvalue weighted by Gasteiger charge is 2.30. The maximum atomic E-state index is 12.3. The Morgan fingerprint density at radius 1 is 1.32 bits per heavy atom. The van der Waals surface area contributed by atoms with Gasteiger partial charge in [0.25, 0.3) is 5.91 Å². The molecule has 0 aliphatic carbocycles. The SMILES string of the molecule is CC[C@](C)(OC)C(=O)Nc1ccc(OCCN2CCCC[C@H]2C)cc1. The molecule has 0 bridgehead atoms. The summed E-state index contributed by atoms with van der Waals surface area (Å²) in [5, 5.41) is 2.90. The smallest absolute Gasteiger partial charge is 0.256 e. The molecule has 2 rings (SSSR count). The molecule has 1 saturated heterocycles. The summed E-state index contributed by atoms with van der Waals surface area (Å²) in [7, 11) is 1.56. The number of nitrogens with one attached hydrogen (secondary N) is 1. The minimum absolute atomic E-state index is 0.134. The van der Waals surface area contributed by atoms with Crippen molar-refractivity contribution in [2.45, 2.75) is 58.1 Å². The van der Waals surface area contributed by atoms with Gasteiger partial charge in [-0.25, -0.2) is 0 Å². The lowest BCUT2D eigenvalue weighted by atomic mass is 10.0. The van der Waals surface area contributed by atoms with E-state index >= 15 is 0 Å². The highest BCUT2D eigenvalue weighted by molar-refractivity contribution is 5.97. The van der Waals surface area contributed by atoms with E-state index in [2.05, 4.69) is 17.1 Å². The Balaban J connectivity index is 1.80. The van der Waals surface area contributed by atoms with Gasteiger partial charge in [0.2, 0.25) is 0 Å². The van der Waals surface area contributed by atoms with E-state index in [9.17, 15) is 4.79 Å². The molecule has 1 heterocycles. The Hall–Kier alpha value is -1.59. The lowest BCUT2D eigenvalue weighted by molar-refractivity contribution is -0.136. The number of hydrogen-bond acceptors (Lipinski definition) is 4. The first-order valence-electron chi connectivity index (χ1n) is 9.32. The van der Waals surface area contributed by atoms with Crippen LogP contribution in [0.4, 0.5) is 5.69 Å². The molecule has 0 saturated carbocycles. The maximum absolute atomic E-state index is 12.3. The molecule has 1 aliphatic heterocycles. The van der Waals surface area contributed by atoms with Gasteiger partial charge in [-0.05, 0) is 63.9 Å². The lowest BCUT2D eigenvalue weighted by Gasteiger charge is -2.33. The molecule has 1 aliphatic rings. The van der Waals surface area contributed by atoms with Crippen LogP contribution in [0.5, 0.6) is 5.75 Å². The van der Waals surface area contributed by atoms with Gasteiger partial charge in [0.1, 0.15) is 18.0 Å². The average Bonchev–Trinajstić information content (AvgIpc) is 2.64. The van der Waals surface area contributed by atoms with Crippen LogP contribution >= 0.6 is 0 Å². The average molecular weight is 348 g/mol. The summed E-state index contributed by atoms with van der Waals surface area (Å²) in [4.78, 5) is 14.8. The molecule has 140 valence electrons. The number of carbonyl (C=O) groups is 1. The van der Waals surface area contributed by atoms with E-state index in [-0.39, 0.29) is 5.91 Å². The van der Waals surface area contributed by atoms with Crippen LogP contribution in [0.2, 0.25) is 0 Å². The third-order valence-corrected chi connectivity index (χ3v) is 5.31. The number of amides is 1. The molecule has 1 amide bonds. The van der Waals surface area contributed by atoms with Gasteiger partial charge in [-0.2, -0.15) is 0 Å². The second kappa shape index (κ2) is 9.20. The number of ether oxygens (including phenoxy) is 2. The van der Waals surface area contributed by atoms with Gasteiger partial charge in [-0.1, -0.05) is 13.3 Å². The summed E-state index contributed by atoms with van der Waals surface area (Å²) in [6, 6.07) is 8.17. The van der Waals surface area contributed by atoms with Gasteiger partial charge in [-0.15, -0.1) is 0 Å². The summed E-state index contributed by atoms with van der Waals surface area (Å²) in [6.45, 7) is 8.84. The first kappa shape index (κ1) is 19.7. The van der Waals surface area contributed by atoms with Crippen LogP contribution in [0.1, 0.15) is 46.5 Å². The van der Waals surface area contributed by atoms with E-state index in [1.807, 2.05) is 31.2 Å². The highest BCUT2D eigenvalue weighted by atomic mass is 16.5. The summed E-state index contributed by atoms with van der Waals surface area (Å²) in [5.41, 5.74) is -0.0564. The zero-order chi connectivity index (χ0) is 18.3. The van der Waals surface area contributed by atoms with Crippen molar-refractivity contribution in [1.29, 1.82) is 0 Å². The summed E-state index contributed by atoms with van der Waals surface area (Å²) in [5.74, 6) is 0.693. The highest BCUT2D eigenvalue weighted by Crippen LogP contribution is 2.20. The molecule has 5 heteroatoms. The maximum Gasteiger partial charge on any atom is 0.256 e. The van der Waals surface area contributed by atoms with Crippen molar-refractivity contribution >= 4 is 11.6 Å². The van der Waals surface area contributed by atoms with E-state index in [0.29, 0.717) is 19.1 Å². The topological polar surface area (TPSA) is 50.8 Å². The Kier molecular flexibility index (Phi) is 7.26. The van der Waals surface area contributed by atoms with Crippen molar-refractivity contribution in [3.63, 3.8) is 0 Å². The molecule has 5 nitrogen and oxygen atoms in total. The van der Waals surface area contributed by atoms with E-state index in [1.165, 1.54) is 25.8 Å². The Labute approximate surface area is 151 Å².